The Labute approximate surface area is 69.6 Å². The van der Waals surface area contributed by atoms with Gasteiger partial charge < -0.3 is 4.52 Å². The molecular formula is C8H9N3O. The van der Waals surface area contributed by atoms with Crippen LogP contribution in [-0.4, -0.2) is 15.4 Å². The Hall–Kier alpha value is -1.45. The summed E-state index contributed by atoms with van der Waals surface area (Å²) in [6.07, 6.45) is 0. The van der Waals surface area contributed by atoms with E-state index in [0.717, 1.165) is 5.69 Å². The summed E-state index contributed by atoms with van der Waals surface area (Å²) in [5, 5.41) is 7.15. The minimum absolute atomic E-state index is 0.408. The van der Waals surface area contributed by atoms with Gasteiger partial charge in [-0.05, 0) is 18.1 Å². The molecular weight excluding hydrogens is 154 g/mol. The third kappa shape index (κ3) is 1.05. The molecule has 12 heavy (non-hydrogen) atoms. The molecule has 0 atom stereocenters. The molecule has 0 bridgehead atoms. The largest absolute Gasteiger partial charge is 0.335 e. The van der Waals surface area contributed by atoms with Gasteiger partial charge in [-0.2, -0.15) is 0 Å². The lowest BCUT2D eigenvalue weighted by Crippen LogP contribution is -1.91. The standard InChI is InChI=1S/C8H9N3O/c1-5(2)6-3-4-7-8(9-6)10-11-12-7/h3-5H,1-2H3. The first-order chi connectivity index (χ1) is 5.77. The molecule has 0 aromatic carbocycles. The van der Waals surface area contributed by atoms with Gasteiger partial charge >= 0.3 is 0 Å². The van der Waals surface area contributed by atoms with Gasteiger partial charge in [0, 0.05) is 11.0 Å². The lowest BCUT2D eigenvalue weighted by Gasteiger charge is -2.00. The Morgan fingerprint density at radius 2 is 2.17 bits per heavy atom. The SMILES string of the molecule is CC(C)c1ccc2onnc2n1. The molecule has 2 heterocycles. The molecule has 4 heteroatoms. The van der Waals surface area contributed by atoms with Gasteiger partial charge in [-0.1, -0.05) is 18.9 Å². The summed E-state index contributed by atoms with van der Waals surface area (Å²) >= 11 is 0. The highest BCUT2D eigenvalue weighted by atomic mass is 16.5. The molecule has 0 unspecified atom stereocenters. The van der Waals surface area contributed by atoms with Crippen LogP contribution in [0.2, 0.25) is 0 Å². The van der Waals surface area contributed by atoms with Crippen LogP contribution in [0.1, 0.15) is 25.5 Å². The van der Waals surface area contributed by atoms with Crippen LogP contribution in [-0.2, 0) is 0 Å². The van der Waals surface area contributed by atoms with E-state index in [-0.39, 0.29) is 0 Å². The van der Waals surface area contributed by atoms with Crippen molar-refractivity contribution in [3.8, 4) is 0 Å². The molecule has 0 N–H and O–H groups in total. The minimum Gasteiger partial charge on any atom is -0.335 e. The summed E-state index contributed by atoms with van der Waals surface area (Å²) in [7, 11) is 0. The van der Waals surface area contributed by atoms with Crippen molar-refractivity contribution in [2.75, 3.05) is 0 Å². The molecule has 0 amide bonds. The lowest BCUT2D eigenvalue weighted by molar-refractivity contribution is 0.424. The van der Waals surface area contributed by atoms with Gasteiger partial charge in [0.05, 0.1) is 0 Å². The lowest BCUT2D eigenvalue weighted by atomic mass is 10.1. The first kappa shape index (κ1) is 7.21. The number of hydrogen-bond donors (Lipinski definition) is 0. The number of fused-ring (bicyclic) bond motifs is 1. The number of hydrogen-bond acceptors (Lipinski definition) is 4. The Bertz CT molecular complexity index is 394. The summed E-state index contributed by atoms with van der Waals surface area (Å²) in [4.78, 5) is 4.27. The molecule has 2 aromatic heterocycles. The topological polar surface area (TPSA) is 51.8 Å². The van der Waals surface area contributed by atoms with Crippen LogP contribution in [0.15, 0.2) is 16.7 Å². The maximum atomic E-state index is 4.83. The van der Waals surface area contributed by atoms with Gasteiger partial charge in [-0.15, -0.1) is 0 Å². The molecule has 2 aromatic rings. The summed E-state index contributed by atoms with van der Waals surface area (Å²) in [5.41, 5.74) is 2.24. The molecule has 0 aliphatic carbocycles. The smallest absolute Gasteiger partial charge is 0.223 e. The Morgan fingerprint density at radius 1 is 1.33 bits per heavy atom. The van der Waals surface area contributed by atoms with Crippen molar-refractivity contribution in [3.63, 3.8) is 0 Å². The molecule has 0 saturated heterocycles. The molecule has 62 valence electrons. The normalized spacial score (nSPS) is 11.2. The van der Waals surface area contributed by atoms with Gasteiger partial charge in [0.15, 0.2) is 0 Å². The van der Waals surface area contributed by atoms with E-state index >= 15 is 0 Å². The second-order valence-corrected chi connectivity index (χ2v) is 2.99. The molecule has 0 aliphatic rings. The Morgan fingerprint density at radius 3 is 2.92 bits per heavy atom. The van der Waals surface area contributed by atoms with E-state index in [0.29, 0.717) is 17.1 Å². The van der Waals surface area contributed by atoms with Crippen molar-refractivity contribution < 1.29 is 4.52 Å². The van der Waals surface area contributed by atoms with Crippen molar-refractivity contribution in [2.45, 2.75) is 19.8 Å². The fourth-order valence-electron chi connectivity index (χ4n) is 1.02. The quantitative estimate of drug-likeness (QED) is 0.642. The number of pyridine rings is 1. The monoisotopic (exact) mass is 163 g/mol. The van der Waals surface area contributed by atoms with Crippen molar-refractivity contribution in [2.24, 2.45) is 0 Å². The summed E-state index contributed by atoms with van der Waals surface area (Å²) in [5.74, 6) is 0.408. The highest BCUT2D eigenvalue weighted by molar-refractivity contribution is 5.66. The molecule has 2 rings (SSSR count). The number of nitrogens with zero attached hydrogens (tertiary/aromatic N) is 3. The fraction of sp³-hybridized carbons (Fsp3) is 0.375. The van der Waals surface area contributed by atoms with E-state index in [1.807, 2.05) is 12.1 Å². The van der Waals surface area contributed by atoms with Crippen molar-refractivity contribution in [1.29, 1.82) is 0 Å². The van der Waals surface area contributed by atoms with E-state index in [1.54, 1.807) is 0 Å². The average Bonchev–Trinajstić information content (AvgIpc) is 2.49. The fourth-order valence-corrected chi connectivity index (χ4v) is 1.02. The van der Waals surface area contributed by atoms with Gasteiger partial charge in [0.25, 0.3) is 0 Å². The van der Waals surface area contributed by atoms with Crippen LogP contribution in [0.4, 0.5) is 0 Å². The summed E-state index contributed by atoms with van der Waals surface area (Å²) < 4.78 is 4.83. The predicted octanol–water partition coefficient (Wildman–Crippen LogP) is 1.74. The zero-order valence-corrected chi connectivity index (χ0v) is 6.98. The third-order valence-electron chi connectivity index (χ3n) is 1.73. The molecule has 4 nitrogen and oxygen atoms in total. The average molecular weight is 163 g/mol. The first-order valence-electron chi connectivity index (χ1n) is 3.86. The summed E-state index contributed by atoms with van der Waals surface area (Å²) in [6, 6.07) is 3.78. The van der Waals surface area contributed by atoms with E-state index in [2.05, 4.69) is 29.2 Å². The van der Waals surface area contributed by atoms with Crippen molar-refractivity contribution >= 4 is 11.2 Å². The van der Waals surface area contributed by atoms with E-state index in [4.69, 9.17) is 4.52 Å². The molecule has 0 fully saturated rings. The van der Waals surface area contributed by atoms with Gasteiger partial charge in [0.1, 0.15) is 0 Å². The van der Waals surface area contributed by atoms with Gasteiger partial charge in [-0.25, -0.2) is 4.98 Å². The van der Waals surface area contributed by atoms with Crippen LogP contribution in [0.5, 0.6) is 0 Å². The first-order valence-corrected chi connectivity index (χ1v) is 3.86. The van der Waals surface area contributed by atoms with Gasteiger partial charge in [0.2, 0.25) is 11.2 Å². The zero-order valence-electron chi connectivity index (χ0n) is 6.98. The molecule has 0 saturated carbocycles. The molecule has 0 spiro atoms. The maximum absolute atomic E-state index is 4.83. The summed E-state index contributed by atoms with van der Waals surface area (Å²) in [6.45, 7) is 4.17. The van der Waals surface area contributed by atoms with Crippen LogP contribution < -0.4 is 0 Å². The number of rotatable bonds is 1. The minimum atomic E-state index is 0.408. The van der Waals surface area contributed by atoms with Crippen LogP contribution in [0.25, 0.3) is 11.2 Å². The zero-order chi connectivity index (χ0) is 8.55. The second-order valence-electron chi connectivity index (χ2n) is 2.99. The number of aromatic nitrogens is 3. The highest BCUT2D eigenvalue weighted by Gasteiger charge is 2.05. The third-order valence-corrected chi connectivity index (χ3v) is 1.73. The molecule has 0 aliphatic heterocycles. The maximum Gasteiger partial charge on any atom is 0.223 e. The Kier molecular flexibility index (Phi) is 1.53. The molecule has 0 radical (unpaired) electrons. The van der Waals surface area contributed by atoms with E-state index in [1.165, 1.54) is 0 Å². The van der Waals surface area contributed by atoms with Gasteiger partial charge in [-0.3, -0.25) is 0 Å². The van der Waals surface area contributed by atoms with Crippen molar-refractivity contribution in [3.05, 3.63) is 17.8 Å². The van der Waals surface area contributed by atoms with Crippen molar-refractivity contribution in [1.82, 2.24) is 15.4 Å². The van der Waals surface area contributed by atoms with Crippen LogP contribution in [0.3, 0.4) is 0 Å². The van der Waals surface area contributed by atoms with Crippen LogP contribution in [0, 0.1) is 0 Å². The highest BCUT2D eigenvalue weighted by Crippen LogP contribution is 2.14. The Balaban J connectivity index is 2.60. The predicted molar refractivity (Wildman–Crippen MR) is 43.7 cm³/mol. The van der Waals surface area contributed by atoms with E-state index in [9.17, 15) is 0 Å². The van der Waals surface area contributed by atoms with E-state index < -0.39 is 0 Å². The second kappa shape index (κ2) is 2.55. The van der Waals surface area contributed by atoms with Crippen LogP contribution >= 0.6 is 0 Å².